The lowest BCUT2D eigenvalue weighted by molar-refractivity contribution is -0.306. The van der Waals surface area contributed by atoms with Crippen molar-refractivity contribution in [2.45, 2.75) is 44.7 Å². The van der Waals surface area contributed by atoms with E-state index in [1.807, 2.05) is 0 Å². The van der Waals surface area contributed by atoms with Crippen LogP contribution in [0.15, 0.2) is 9.59 Å². The Hall–Kier alpha value is -2.58. The van der Waals surface area contributed by atoms with E-state index in [0.717, 1.165) is 25.7 Å². The smallest absolute Gasteiger partial charge is 0.329 e. The maximum absolute atomic E-state index is 12.1. The number of H-pyrrole nitrogens is 1. The van der Waals surface area contributed by atoms with Crippen molar-refractivity contribution >= 4 is 23.1 Å². The highest BCUT2D eigenvalue weighted by molar-refractivity contribution is 5.77. The van der Waals surface area contributed by atoms with Gasteiger partial charge < -0.3 is 15.2 Å². The number of carbonyl (C=O) groups is 1. The Morgan fingerprint density at radius 1 is 1.35 bits per heavy atom. The van der Waals surface area contributed by atoms with E-state index in [4.69, 9.17) is 0 Å². The molecule has 0 unspecified atom stereocenters. The number of fused-ring (bicyclic) bond motifs is 1. The van der Waals surface area contributed by atoms with Gasteiger partial charge in [-0.3, -0.25) is 18.9 Å². The second-order valence-electron chi connectivity index (χ2n) is 5.86. The molecule has 0 bridgehead atoms. The third-order valence-electron chi connectivity index (χ3n) is 4.23. The van der Waals surface area contributed by atoms with Crippen molar-refractivity contribution in [3.63, 3.8) is 0 Å². The molecule has 0 aliphatic heterocycles. The fourth-order valence-electron chi connectivity index (χ4n) is 3.06. The number of aromatic amines is 1. The Kier molecular flexibility index (Phi) is 3.93. The van der Waals surface area contributed by atoms with Gasteiger partial charge in [-0.05, 0) is 12.8 Å². The molecule has 2 N–H and O–H groups in total. The predicted molar refractivity (Wildman–Crippen MR) is 81.1 cm³/mol. The summed E-state index contributed by atoms with van der Waals surface area (Å²) in [6.07, 6.45) is 5.30. The number of carbonyl (C=O) groups excluding carboxylic acids is 1. The molecule has 0 radical (unpaired) electrons. The Balaban J connectivity index is 2.13. The minimum atomic E-state index is -1.33. The molecule has 9 nitrogen and oxygen atoms in total. The van der Waals surface area contributed by atoms with E-state index in [1.165, 1.54) is 22.6 Å². The van der Waals surface area contributed by atoms with Crippen molar-refractivity contribution in [1.82, 2.24) is 19.1 Å². The Morgan fingerprint density at radius 2 is 2.04 bits per heavy atom. The number of rotatable bonds is 4. The lowest BCUT2D eigenvalue weighted by Crippen LogP contribution is -2.32. The van der Waals surface area contributed by atoms with E-state index in [0.29, 0.717) is 0 Å². The molecule has 0 aromatic carbocycles. The molecule has 124 valence electrons. The number of aliphatic carboxylic acids is 1. The molecular formula is C14H18N5O4-. The van der Waals surface area contributed by atoms with Crippen LogP contribution >= 0.6 is 0 Å². The molecule has 1 fully saturated rings. The Bertz CT molecular complexity index is 856. The van der Waals surface area contributed by atoms with Crippen LogP contribution in [0.25, 0.3) is 11.2 Å². The number of aromatic nitrogens is 4. The number of anilines is 1. The van der Waals surface area contributed by atoms with E-state index < -0.39 is 23.8 Å². The van der Waals surface area contributed by atoms with Gasteiger partial charge in [0.2, 0.25) is 5.95 Å². The number of imidazole rings is 1. The monoisotopic (exact) mass is 320 g/mol. The van der Waals surface area contributed by atoms with Crippen molar-refractivity contribution in [2.75, 3.05) is 5.32 Å². The van der Waals surface area contributed by atoms with Crippen LogP contribution in [-0.2, 0) is 18.4 Å². The van der Waals surface area contributed by atoms with Gasteiger partial charge in [-0.15, -0.1) is 0 Å². The molecule has 1 aliphatic carbocycles. The van der Waals surface area contributed by atoms with Gasteiger partial charge in [0.1, 0.15) is 0 Å². The zero-order valence-electron chi connectivity index (χ0n) is 12.8. The average Bonchev–Trinajstić information content (AvgIpc) is 2.84. The molecule has 9 heteroatoms. The number of hydrogen-bond acceptors (Lipinski definition) is 6. The number of nitrogens with zero attached hydrogens (tertiary/aromatic N) is 3. The largest absolute Gasteiger partial charge is 0.548 e. The highest BCUT2D eigenvalue weighted by atomic mass is 16.4. The minimum Gasteiger partial charge on any atom is -0.548 e. The number of aryl methyl sites for hydroxylation is 1. The molecule has 3 rings (SSSR count). The van der Waals surface area contributed by atoms with Crippen LogP contribution in [-0.4, -0.2) is 31.1 Å². The van der Waals surface area contributed by atoms with Gasteiger partial charge in [0, 0.05) is 13.1 Å². The first-order valence-corrected chi connectivity index (χ1v) is 7.63. The van der Waals surface area contributed by atoms with Gasteiger partial charge in [0.05, 0.1) is 12.5 Å². The number of nitrogens with one attached hydrogen (secondary N) is 2. The summed E-state index contributed by atoms with van der Waals surface area (Å²) >= 11 is 0. The average molecular weight is 320 g/mol. The molecule has 0 saturated heterocycles. The van der Waals surface area contributed by atoms with Crippen molar-refractivity contribution in [1.29, 1.82) is 0 Å². The van der Waals surface area contributed by atoms with Crippen molar-refractivity contribution in [3.05, 3.63) is 20.8 Å². The maximum atomic E-state index is 12.1. The molecule has 2 aromatic rings. The van der Waals surface area contributed by atoms with Crippen LogP contribution in [0.1, 0.15) is 32.1 Å². The first-order chi connectivity index (χ1) is 11.0. The summed E-state index contributed by atoms with van der Waals surface area (Å²) in [5, 5.41) is 14.3. The van der Waals surface area contributed by atoms with Crippen molar-refractivity contribution in [3.8, 4) is 0 Å². The second kappa shape index (κ2) is 5.90. The van der Waals surface area contributed by atoms with E-state index in [-0.39, 0.29) is 23.2 Å². The van der Waals surface area contributed by atoms with E-state index in [9.17, 15) is 19.5 Å². The number of carboxylic acid groups (broad SMARTS) is 1. The maximum Gasteiger partial charge on any atom is 0.329 e. The highest BCUT2D eigenvalue weighted by Gasteiger charge is 2.20. The second-order valence-corrected chi connectivity index (χ2v) is 5.86. The van der Waals surface area contributed by atoms with Gasteiger partial charge in [-0.2, -0.15) is 4.98 Å². The Labute approximate surface area is 131 Å². The summed E-state index contributed by atoms with van der Waals surface area (Å²) in [5.41, 5.74) is -1.05. The molecule has 0 amide bonds. The summed E-state index contributed by atoms with van der Waals surface area (Å²) in [6, 6.07) is 0.178. The topological polar surface area (TPSA) is 125 Å². The quantitative estimate of drug-likeness (QED) is 0.738. The number of carboxylic acids is 1. The molecule has 1 aliphatic rings. The van der Waals surface area contributed by atoms with Crippen LogP contribution in [0, 0.1) is 0 Å². The highest BCUT2D eigenvalue weighted by Crippen LogP contribution is 2.23. The van der Waals surface area contributed by atoms with Gasteiger partial charge >= 0.3 is 5.69 Å². The third-order valence-corrected chi connectivity index (χ3v) is 4.23. The van der Waals surface area contributed by atoms with Gasteiger partial charge in [-0.25, -0.2) is 4.79 Å². The summed E-state index contributed by atoms with van der Waals surface area (Å²) in [7, 11) is 1.47. The molecular weight excluding hydrogens is 302 g/mol. The van der Waals surface area contributed by atoms with Crippen LogP contribution in [0.5, 0.6) is 0 Å². The first kappa shape index (κ1) is 15.3. The first-order valence-electron chi connectivity index (χ1n) is 7.63. The molecule has 0 atom stereocenters. The zero-order valence-corrected chi connectivity index (χ0v) is 12.8. The van der Waals surface area contributed by atoms with Crippen LogP contribution < -0.4 is 21.7 Å². The van der Waals surface area contributed by atoms with Crippen molar-refractivity contribution < 1.29 is 9.90 Å². The normalized spacial score (nSPS) is 15.9. The standard InChI is InChI=1S/C14H19N5O4/c1-18-11-10(12(22)17-14(18)23)19(7-9(20)21)13(16-11)15-8-5-3-2-4-6-8/h8H,2-7H2,1H3,(H,15,16)(H,20,21)(H,17,22,23)/p-1. The minimum absolute atomic E-state index is 0.0506. The van der Waals surface area contributed by atoms with E-state index in [2.05, 4.69) is 15.3 Å². The summed E-state index contributed by atoms with van der Waals surface area (Å²) in [4.78, 5) is 41.3. The summed E-state index contributed by atoms with van der Waals surface area (Å²) < 4.78 is 2.45. The SMILES string of the molecule is Cn1c(=O)[nH]c(=O)c2c1nc(NC1CCCCC1)n2CC(=O)[O-]. The molecule has 1 saturated carbocycles. The molecule has 23 heavy (non-hydrogen) atoms. The predicted octanol–water partition coefficient (Wildman–Crippen LogP) is -1.08. The lowest BCUT2D eigenvalue weighted by Gasteiger charge is -2.23. The summed E-state index contributed by atoms with van der Waals surface area (Å²) in [5.74, 6) is -1.05. The van der Waals surface area contributed by atoms with Gasteiger partial charge in [0.25, 0.3) is 5.56 Å². The van der Waals surface area contributed by atoms with E-state index >= 15 is 0 Å². The van der Waals surface area contributed by atoms with Gasteiger partial charge in [0.15, 0.2) is 11.2 Å². The summed E-state index contributed by atoms with van der Waals surface area (Å²) in [6.45, 7) is -0.507. The third kappa shape index (κ3) is 2.86. The van der Waals surface area contributed by atoms with Crippen LogP contribution in [0.3, 0.4) is 0 Å². The zero-order chi connectivity index (χ0) is 16.6. The fourth-order valence-corrected chi connectivity index (χ4v) is 3.06. The molecule has 0 spiro atoms. The van der Waals surface area contributed by atoms with E-state index in [1.54, 1.807) is 0 Å². The van der Waals surface area contributed by atoms with Gasteiger partial charge in [-0.1, -0.05) is 19.3 Å². The fraction of sp³-hybridized carbons (Fsp3) is 0.571. The number of hydrogen-bond donors (Lipinski definition) is 2. The van der Waals surface area contributed by atoms with Crippen LogP contribution in [0.4, 0.5) is 5.95 Å². The molecule has 2 aromatic heterocycles. The molecule has 2 heterocycles. The Morgan fingerprint density at radius 3 is 2.70 bits per heavy atom. The van der Waals surface area contributed by atoms with Crippen LogP contribution in [0.2, 0.25) is 0 Å². The lowest BCUT2D eigenvalue weighted by atomic mass is 9.96. The van der Waals surface area contributed by atoms with Crippen molar-refractivity contribution in [2.24, 2.45) is 7.05 Å².